The lowest BCUT2D eigenvalue weighted by atomic mass is 9.89. The van der Waals surface area contributed by atoms with Gasteiger partial charge in [-0.1, -0.05) is 0 Å². The van der Waals surface area contributed by atoms with E-state index in [1.165, 1.54) is 0 Å². The Morgan fingerprint density at radius 3 is 2.07 bits per heavy atom. The summed E-state index contributed by atoms with van der Waals surface area (Å²) in [6.45, 7) is 7.52. The molecule has 2 N–H and O–H groups in total. The first-order valence-corrected chi connectivity index (χ1v) is 6.01. The minimum absolute atomic E-state index is 0.0998. The number of aliphatic hydroxyl groups is 2. The normalized spacial score (nSPS) is 28.4. The molecule has 1 aliphatic rings. The van der Waals surface area contributed by atoms with Crippen molar-refractivity contribution in [3.05, 3.63) is 0 Å². The maximum Gasteiger partial charge on any atom is 0.0558 e. The van der Waals surface area contributed by atoms with E-state index < -0.39 is 0 Å². The molecule has 0 bridgehead atoms. The van der Waals surface area contributed by atoms with Crippen LogP contribution in [0.1, 0.15) is 46.5 Å². The minimum Gasteiger partial charge on any atom is -0.395 e. The molecule has 0 aromatic rings. The highest BCUT2D eigenvalue weighted by atomic mass is 16.3. The highest BCUT2D eigenvalue weighted by molar-refractivity contribution is 4.86. The summed E-state index contributed by atoms with van der Waals surface area (Å²) in [5.74, 6) is 0. The third kappa shape index (κ3) is 3.74. The molecular weight excluding hydrogens is 190 g/mol. The summed E-state index contributed by atoms with van der Waals surface area (Å²) in [5, 5.41) is 18.6. The Bertz CT molecular complexity index is 181. The molecule has 0 radical (unpaired) electrons. The summed E-state index contributed by atoms with van der Waals surface area (Å²) < 4.78 is 0. The van der Waals surface area contributed by atoms with Crippen molar-refractivity contribution in [3.8, 4) is 0 Å². The monoisotopic (exact) mass is 215 g/mol. The van der Waals surface area contributed by atoms with Crippen molar-refractivity contribution in [2.24, 2.45) is 0 Å². The third-order valence-electron chi connectivity index (χ3n) is 3.31. The van der Waals surface area contributed by atoms with Crippen LogP contribution in [0.15, 0.2) is 0 Å². The van der Waals surface area contributed by atoms with Gasteiger partial charge < -0.3 is 10.2 Å². The number of hydrogen-bond donors (Lipinski definition) is 2. The van der Waals surface area contributed by atoms with Gasteiger partial charge in [0.05, 0.1) is 12.7 Å². The van der Waals surface area contributed by atoms with Gasteiger partial charge in [-0.3, -0.25) is 4.90 Å². The van der Waals surface area contributed by atoms with Crippen molar-refractivity contribution in [3.63, 3.8) is 0 Å². The van der Waals surface area contributed by atoms with E-state index in [1.807, 2.05) is 0 Å². The first-order valence-electron chi connectivity index (χ1n) is 6.01. The number of nitrogens with zero attached hydrogens (tertiary/aromatic N) is 1. The Kier molecular flexibility index (Phi) is 4.56. The summed E-state index contributed by atoms with van der Waals surface area (Å²) in [6.07, 6.45) is 3.82. The van der Waals surface area contributed by atoms with Crippen LogP contribution in [-0.2, 0) is 0 Å². The van der Waals surface area contributed by atoms with Crippen molar-refractivity contribution in [1.29, 1.82) is 0 Å². The highest BCUT2D eigenvalue weighted by Gasteiger charge is 2.31. The van der Waals surface area contributed by atoms with E-state index in [2.05, 4.69) is 25.7 Å². The average Bonchev–Trinajstić information content (AvgIpc) is 2.14. The van der Waals surface area contributed by atoms with Gasteiger partial charge in [-0.05, 0) is 46.5 Å². The van der Waals surface area contributed by atoms with Crippen LogP contribution in [0.4, 0.5) is 0 Å². The maximum absolute atomic E-state index is 9.47. The zero-order chi connectivity index (χ0) is 11.5. The van der Waals surface area contributed by atoms with Gasteiger partial charge in [-0.2, -0.15) is 0 Å². The Balaban J connectivity index is 2.56. The minimum atomic E-state index is -0.0998. The average molecular weight is 215 g/mol. The molecule has 90 valence electrons. The lowest BCUT2D eigenvalue weighted by molar-refractivity contribution is 0.0162. The number of rotatable bonds is 3. The van der Waals surface area contributed by atoms with Gasteiger partial charge in [0, 0.05) is 18.1 Å². The molecule has 0 unspecified atom stereocenters. The van der Waals surface area contributed by atoms with Crippen LogP contribution in [0.5, 0.6) is 0 Å². The molecule has 0 amide bonds. The van der Waals surface area contributed by atoms with Crippen LogP contribution in [0.3, 0.4) is 0 Å². The molecule has 1 rings (SSSR count). The smallest absolute Gasteiger partial charge is 0.0558 e. The molecule has 0 heterocycles. The molecule has 1 saturated carbocycles. The van der Waals surface area contributed by atoms with Gasteiger partial charge >= 0.3 is 0 Å². The SMILES string of the molecule is CC(C)(C)N(CCO)[C@H]1CC[C@H](O)CC1. The zero-order valence-corrected chi connectivity index (χ0v) is 10.2. The third-order valence-corrected chi connectivity index (χ3v) is 3.31. The lowest BCUT2D eigenvalue weighted by Crippen LogP contribution is -2.50. The van der Waals surface area contributed by atoms with Crippen LogP contribution < -0.4 is 0 Å². The molecule has 0 atom stereocenters. The van der Waals surface area contributed by atoms with E-state index in [9.17, 15) is 5.11 Å². The fourth-order valence-electron chi connectivity index (χ4n) is 2.54. The Morgan fingerprint density at radius 2 is 1.67 bits per heavy atom. The zero-order valence-electron chi connectivity index (χ0n) is 10.2. The van der Waals surface area contributed by atoms with Crippen LogP contribution in [0.2, 0.25) is 0 Å². The highest BCUT2D eigenvalue weighted by Crippen LogP contribution is 2.27. The standard InChI is InChI=1S/C12H25NO2/c1-12(2,3)13(8-9-14)10-4-6-11(15)7-5-10/h10-11,14-15H,4-9H2,1-3H3/t10-,11-. The van der Waals surface area contributed by atoms with E-state index in [0.29, 0.717) is 6.04 Å². The van der Waals surface area contributed by atoms with Gasteiger partial charge in [-0.15, -0.1) is 0 Å². The van der Waals surface area contributed by atoms with E-state index in [4.69, 9.17) is 5.11 Å². The quantitative estimate of drug-likeness (QED) is 0.747. The topological polar surface area (TPSA) is 43.7 Å². The van der Waals surface area contributed by atoms with Crippen LogP contribution in [0, 0.1) is 0 Å². The van der Waals surface area contributed by atoms with Crippen molar-refractivity contribution in [2.45, 2.75) is 64.1 Å². The molecular formula is C12H25NO2. The van der Waals surface area contributed by atoms with E-state index in [-0.39, 0.29) is 18.2 Å². The van der Waals surface area contributed by atoms with E-state index >= 15 is 0 Å². The van der Waals surface area contributed by atoms with Crippen LogP contribution in [0.25, 0.3) is 0 Å². The summed E-state index contributed by atoms with van der Waals surface area (Å²) in [5.41, 5.74) is 0.107. The molecule has 1 aliphatic carbocycles. The largest absolute Gasteiger partial charge is 0.395 e. The Hall–Kier alpha value is -0.120. The molecule has 0 aliphatic heterocycles. The Morgan fingerprint density at radius 1 is 1.13 bits per heavy atom. The predicted molar refractivity (Wildman–Crippen MR) is 61.8 cm³/mol. The fourth-order valence-corrected chi connectivity index (χ4v) is 2.54. The van der Waals surface area contributed by atoms with Crippen LogP contribution in [-0.4, -0.2) is 45.9 Å². The molecule has 0 saturated heterocycles. The summed E-state index contributed by atoms with van der Waals surface area (Å²) in [6, 6.07) is 0.528. The number of aliphatic hydroxyl groups excluding tert-OH is 2. The first kappa shape index (κ1) is 12.9. The van der Waals surface area contributed by atoms with Crippen molar-refractivity contribution in [1.82, 2.24) is 4.90 Å². The van der Waals surface area contributed by atoms with Gasteiger partial charge in [0.2, 0.25) is 0 Å². The predicted octanol–water partition coefficient (Wildman–Crippen LogP) is 1.38. The van der Waals surface area contributed by atoms with Gasteiger partial charge in [0.25, 0.3) is 0 Å². The molecule has 0 aromatic heterocycles. The summed E-state index contributed by atoms with van der Waals surface area (Å²) >= 11 is 0. The van der Waals surface area contributed by atoms with Gasteiger partial charge in [0.1, 0.15) is 0 Å². The van der Waals surface area contributed by atoms with Crippen LogP contribution >= 0.6 is 0 Å². The summed E-state index contributed by atoms with van der Waals surface area (Å²) in [4.78, 5) is 2.37. The van der Waals surface area contributed by atoms with Crippen molar-refractivity contribution >= 4 is 0 Å². The second kappa shape index (κ2) is 5.28. The molecule has 0 spiro atoms. The molecule has 0 aromatic carbocycles. The second-order valence-electron chi connectivity index (χ2n) is 5.55. The maximum atomic E-state index is 9.47. The molecule has 1 fully saturated rings. The van der Waals surface area contributed by atoms with Crippen molar-refractivity contribution in [2.75, 3.05) is 13.2 Å². The van der Waals surface area contributed by atoms with Crippen molar-refractivity contribution < 1.29 is 10.2 Å². The van der Waals surface area contributed by atoms with E-state index in [0.717, 1.165) is 32.2 Å². The molecule has 15 heavy (non-hydrogen) atoms. The fraction of sp³-hybridized carbons (Fsp3) is 1.00. The Labute approximate surface area is 93.1 Å². The lowest BCUT2D eigenvalue weighted by Gasteiger charge is -2.43. The van der Waals surface area contributed by atoms with E-state index in [1.54, 1.807) is 0 Å². The molecule has 3 heteroatoms. The van der Waals surface area contributed by atoms with Gasteiger partial charge in [-0.25, -0.2) is 0 Å². The first-order chi connectivity index (χ1) is 6.95. The number of β-amino-alcohol motifs (C(OH)–C–C–N with tert-alkyl or cyclic N) is 1. The second-order valence-corrected chi connectivity index (χ2v) is 5.55. The summed E-state index contributed by atoms with van der Waals surface area (Å²) in [7, 11) is 0. The van der Waals surface area contributed by atoms with Gasteiger partial charge in [0.15, 0.2) is 0 Å². The molecule has 3 nitrogen and oxygen atoms in total. The number of hydrogen-bond acceptors (Lipinski definition) is 3.